The number of aromatic nitrogens is 2. The Kier molecular flexibility index (Phi) is 3.15. The third-order valence-corrected chi connectivity index (χ3v) is 5.14. The number of nitrogens with one attached hydrogen (secondary N) is 1. The number of carbonyl (C=O) groups excluding carboxylic acids is 1. The minimum absolute atomic E-state index is 0.0758. The fraction of sp³-hybridized carbons (Fsp3) is 0.235. The van der Waals surface area contributed by atoms with Crippen molar-refractivity contribution in [3.05, 3.63) is 54.1 Å². The largest absolute Gasteiger partial charge is 0.317 e. The normalized spacial score (nSPS) is 20.0. The second-order valence-electron chi connectivity index (χ2n) is 5.70. The molecule has 0 bridgehead atoms. The van der Waals surface area contributed by atoms with E-state index in [1.165, 1.54) is 5.56 Å². The summed E-state index contributed by atoms with van der Waals surface area (Å²) in [5.74, 6) is 0.520. The van der Waals surface area contributed by atoms with Crippen LogP contribution in [0.15, 0.2) is 43.0 Å². The first-order chi connectivity index (χ1) is 10.7. The van der Waals surface area contributed by atoms with E-state index in [0.29, 0.717) is 5.92 Å². The van der Waals surface area contributed by atoms with Gasteiger partial charge in [-0.15, -0.1) is 11.3 Å². The fourth-order valence-electron chi connectivity index (χ4n) is 2.84. The monoisotopic (exact) mass is 309 g/mol. The zero-order chi connectivity index (χ0) is 15.1. The molecule has 0 unspecified atom stereocenters. The van der Waals surface area contributed by atoms with Gasteiger partial charge >= 0.3 is 0 Å². The van der Waals surface area contributed by atoms with Gasteiger partial charge in [-0.2, -0.15) is 0 Å². The second-order valence-corrected chi connectivity index (χ2v) is 6.78. The van der Waals surface area contributed by atoms with Gasteiger partial charge in [0.2, 0.25) is 5.91 Å². The van der Waals surface area contributed by atoms with E-state index in [1.54, 1.807) is 23.7 Å². The van der Waals surface area contributed by atoms with Gasteiger partial charge in [-0.25, -0.2) is 0 Å². The molecule has 1 N–H and O–H groups in total. The van der Waals surface area contributed by atoms with Crippen molar-refractivity contribution in [2.75, 3.05) is 5.32 Å². The Hall–Kier alpha value is -2.27. The zero-order valence-corrected chi connectivity index (χ0v) is 12.9. The summed E-state index contributed by atoms with van der Waals surface area (Å²) < 4.78 is 1.11. The number of fused-ring (bicyclic) bond motifs is 1. The van der Waals surface area contributed by atoms with Gasteiger partial charge in [0.25, 0.3) is 0 Å². The fourth-order valence-corrected chi connectivity index (χ4v) is 3.84. The molecule has 0 aromatic carbocycles. The number of pyridine rings is 2. The molecule has 0 aliphatic heterocycles. The van der Waals surface area contributed by atoms with E-state index in [4.69, 9.17) is 0 Å². The van der Waals surface area contributed by atoms with Crippen LogP contribution in [0.25, 0.3) is 10.1 Å². The van der Waals surface area contributed by atoms with Crippen molar-refractivity contribution in [1.82, 2.24) is 9.97 Å². The van der Waals surface area contributed by atoms with Gasteiger partial charge in [0, 0.05) is 36.1 Å². The first-order valence-corrected chi connectivity index (χ1v) is 8.09. The number of hydrogen-bond acceptors (Lipinski definition) is 4. The third-order valence-electron chi connectivity index (χ3n) is 4.15. The summed E-state index contributed by atoms with van der Waals surface area (Å²) in [5.41, 5.74) is 2.34. The van der Waals surface area contributed by atoms with Crippen molar-refractivity contribution in [2.24, 2.45) is 5.92 Å². The summed E-state index contributed by atoms with van der Waals surface area (Å²) in [5, 5.41) is 5.12. The molecular weight excluding hydrogens is 294 g/mol. The Morgan fingerprint density at radius 2 is 2.09 bits per heavy atom. The molecule has 1 saturated carbocycles. The smallest absolute Gasteiger partial charge is 0.228 e. The highest BCUT2D eigenvalue weighted by Gasteiger charge is 2.43. The molecule has 1 fully saturated rings. The number of carbonyl (C=O) groups is 1. The van der Waals surface area contributed by atoms with Gasteiger partial charge in [0.05, 0.1) is 9.70 Å². The van der Waals surface area contributed by atoms with Crippen molar-refractivity contribution in [2.45, 2.75) is 19.3 Å². The lowest BCUT2D eigenvalue weighted by molar-refractivity contribution is -0.117. The SMILES string of the molecule is Cc1cncc2sc(NC(=O)[C@@H]3C[C@H]3c3ccncc3)cc12. The van der Waals surface area contributed by atoms with Crippen LogP contribution in [-0.2, 0) is 4.79 Å². The highest BCUT2D eigenvalue weighted by atomic mass is 32.1. The van der Waals surface area contributed by atoms with Crippen LogP contribution in [0.4, 0.5) is 5.00 Å². The number of anilines is 1. The number of nitrogens with zero attached hydrogens (tertiary/aromatic N) is 2. The topological polar surface area (TPSA) is 54.9 Å². The molecule has 3 aromatic rings. The number of hydrogen-bond donors (Lipinski definition) is 1. The average molecular weight is 309 g/mol. The quantitative estimate of drug-likeness (QED) is 0.802. The summed E-state index contributed by atoms with van der Waals surface area (Å²) in [6, 6.07) is 6.03. The minimum atomic E-state index is 0.0758. The van der Waals surface area contributed by atoms with Crippen molar-refractivity contribution in [3.8, 4) is 0 Å². The van der Waals surface area contributed by atoms with Gasteiger partial charge < -0.3 is 5.32 Å². The molecule has 0 saturated heterocycles. The summed E-state index contributed by atoms with van der Waals surface area (Å²) in [4.78, 5) is 20.6. The van der Waals surface area contributed by atoms with Crippen molar-refractivity contribution < 1.29 is 4.79 Å². The summed E-state index contributed by atoms with van der Waals surface area (Å²) in [6.07, 6.45) is 8.18. The lowest BCUT2D eigenvalue weighted by Gasteiger charge is -2.02. The predicted octanol–water partition coefficient (Wildman–Crippen LogP) is 3.74. The maximum atomic E-state index is 12.4. The van der Waals surface area contributed by atoms with E-state index in [-0.39, 0.29) is 11.8 Å². The van der Waals surface area contributed by atoms with Gasteiger partial charge in [-0.3, -0.25) is 14.8 Å². The molecule has 5 heteroatoms. The van der Waals surface area contributed by atoms with Crippen LogP contribution in [0.1, 0.15) is 23.5 Å². The van der Waals surface area contributed by atoms with Crippen LogP contribution in [0.2, 0.25) is 0 Å². The molecule has 1 aliphatic rings. The summed E-state index contributed by atoms with van der Waals surface area (Å²) in [6.45, 7) is 2.04. The average Bonchev–Trinajstić information content (AvgIpc) is 3.23. The number of thiophene rings is 1. The van der Waals surface area contributed by atoms with Crippen LogP contribution in [0.5, 0.6) is 0 Å². The third kappa shape index (κ3) is 2.37. The molecular formula is C17H15N3OS. The van der Waals surface area contributed by atoms with Crippen LogP contribution in [0, 0.1) is 12.8 Å². The van der Waals surface area contributed by atoms with Crippen molar-refractivity contribution in [1.29, 1.82) is 0 Å². The Labute approximate surface area is 132 Å². The van der Waals surface area contributed by atoms with Crippen LogP contribution in [0.3, 0.4) is 0 Å². The zero-order valence-electron chi connectivity index (χ0n) is 12.1. The molecule has 0 spiro atoms. The summed E-state index contributed by atoms with van der Waals surface area (Å²) in [7, 11) is 0. The Balaban J connectivity index is 1.49. The van der Waals surface area contributed by atoms with E-state index in [2.05, 4.69) is 15.3 Å². The van der Waals surface area contributed by atoms with Crippen LogP contribution >= 0.6 is 11.3 Å². The number of aryl methyl sites for hydroxylation is 1. The van der Waals surface area contributed by atoms with Crippen molar-refractivity contribution >= 4 is 32.3 Å². The molecule has 2 atom stereocenters. The van der Waals surface area contributed by atoms with E-state index in [1.807, 2.05) is 37.5 Å². The van der Waals surface area contributed by atoms with Gasteiger partial charge in [-0.1, -0.05) is 0 Å². The molecule has 0 radical (unpaired) electrons. The predicted molar refractivity (Wildman–Crippen MR) is 88.1 cm³/mol. The first kappa shape index (κ1) is 13.4. The standard InChI is InChI=1S/C17H15N3OS/c1-10-8-19-9-15-12(10)7-16(22-15)20-17(21)14-6-13(14)11-2-4-18-5-3-11/h2-5,7-9,13-14H,6H2,1H3,(H,20,21)/t13-,14+/m0/s1. The van der Waals surface area contributed by atoms with Crippen LogP contribution in [-0.4, -0.2) is 15.9 Å². The highest BCUT2D eigenvalue weighted by Crippen LogP contribution is 2.48. The van der Waals surface area contributed by atoms with Gasteiger partial charge in [0.15, 0.2) is 0 Å². The lowest BCUT2D eigenvalue weighted by Crippen LogP contribution is -2.13. The highest BCUT2D eigenvalue weighted by molar-refractivity contribution is 7.22. The Morgan fingerprint density at radius 1 is 1.27 bits per heavy atom. The molecule has 3 heterocycles. The molecule has 4 nitrogen and oxygen atoms in total. The summed E-state index contributed by atoms with van der Waals surface area (Å²) >= 11 is 1.58. The second kappa shape index (κ2) is 5.18. The molecule has 110 valence electrons. The Bertz CT molecular complexity index is 843. The van der Waals surface area contributed by atoms with Gasteiger partial charge in [0.1, 0.15) is 0 Å². The van der Waals surface area contributed by atoms with E-state index >= 15 is 0 Å². The Morgan fingerprint density at radius 3 is 2.86 bits per heavy atom. The first-order valence-electron chi connectivity index (χ1n) is 7.27. The van der Waals surface area contributed by atoms with E-state index in [0.717, 1.165) is 27.1 Å². The molecule has 22 heavy (non-hydrogen) atoms. The number of rotatable bonds is 3. The van der Waals surface area contributed by atoms with Gasteiger partial charge in [-0.05, 0) is 48.6 Å². The van der Waals surface area contributed by atoms with Crippen molar-refractivity contribution in [3.63, 3.8) is 0 Å². The van der Waals surface area contributed by atoms with E-state index in [9.17, 15) is 4.79 Å². The molecule has 1 aliphatic carbocycles. The van der Waals surface area contributed by atoms with E-state index < -0.39 is 0 Å². The molecule has 3 aromatic heterocycles. The lowest BCUT2D eigenvalue weighted by atomic mass is 10.1. The number of amides is 1. The molecule has 4 rings (SSSR count). The molecule has 1 amide bonds. The maximum absolute atomic E-state index is 12.4. The van der Waals surface area contributed by atoms with Crippen LogP contribution < -0.4 is 5.32 Å². The maximum Gasteiger partial charge on any atom is 0.228 e. The minimum Gasteiger partial charge on any atom is -0.317 e.